The van der Waals surface area contributed by atoms with Gasteiger partial charge in [0, 0.05) is 45.8 Å². The third kappa shape index (κ3) is 4.11. The molecule has 2 heterocycles. The van der Waals surface area contributed by atoms with Gasteiger partial charge in [-0.25, -0.2) is 0 Å². The van der Waals surface area contributed by atoms with Crippen LogP contribution in [0, 0.1) is 0 Å². The molecule has 0 fully saturated rings. The zero-order chi connectivity index (χ0) is 35.0. The maximum atomic E-state index is 2.48. The van der Waals surface area contributed by atoms with Crippen LogP contribution in [0.15, 0.2) is 158 Å². The second-order valence-corrected chi connectivity index (χ2v) is 17.4. The van der Waals surface area contributed by atoms with Crippen LogP contribution >= 0.6 is 22.7 Å². The molecule has 0 amide bonds. The number of hydrogen-bond donors (Lipinski definition) is 0. The monoisotopic (exact) mass is 708 g/mol. The Kier molecular flexibility index (Phi) is 5.97. The molecule has 2 heteroatoms. The first kappa shape index (κ1) is 29.7. The average molecular weight is 709 g/mol. The molecule has 0 bridgehead atoms. The van der Waals surface area contributed by atoms with Crippen LogP contribution in [0.5, 0.6) is 0 Å². The van der Waals surface area contributed by atoms with Crippen molar-refractivity contribution in [3.63, 3.8) is 0 Å². The molecule has 0 radical (unpaired) electrons. The van der Waals surface area contributed by atoms with E-state index in [0.29, 0.717) is 0 Å². The maximum absolute atomic E-state index is 2.48. The highest BCUT2D eigenvalue weighted by Crippen LogP contribution is 2.52. The van der Waals surface area contributed by atoms with Crippen molar-refractivity contribution >= 4 is 95.3 Å². The Bertz CT molecular complexity index is 3310. The summed E-state index contributed by atoms with van der Waals surface area (Å²) in [6.07, 6.45) is 0. The van der Waals surface area contributed by atoms with Crippen molar-refractivity contribution in [3.8, 4) is 33.4 Å². The fraction of sp³-hybridized carbons (Fsp3) is 0.0588. The van der Waals surface area contributed by atoms with Gasteiger partial charge in [0.2, 0.25) is 0 Å². The van der Waals surface area contributed by atoms with Crippen LogP contribution in [0.2, 0.25) is 0 Å². The van der Waals surface area contributed by atoms with Gasteiger partial charge in [-0.1, -0.05) is 123 Å². The van der Waals surface area contributed by atoms with Crippen LogP contribution in [0.4, 0.5) is 0 Å². The molecule has 0 saturated heterocycles. The van der Waals surface area contributed by atoms with Crippen molar-refractivity contribution in [3.05, 3.63) is 169 Å². The van der Waals surface area contributed by atoms with Gasteiger partial charge in [-0.3, -0.25) is 0 Å². The topological polar surface area (TPSA) is 0 Å². The molecular weight excluding hydrogens is 677 g/mol. The summed E-state index contributed by atoms with van der Waals surface area (Å²) >= 11 is 3.80. The molecule has 248 valence electrons. The van der Waals surface area contributed by atoms with Crippen LogP contribution in [-0.2, 0) is 5.41 Å². The summed E-state index contributed by atoms with van der Waals surface area (Å²) in [4.78, 5) is 0. The van der Waals surface area contributed by atoms with E-state index in [4.69, 9.17) is 0 Å². The predicted octanol–water partition coefficient (Wildman–Crippen LogP) is 15.5. The van der Waals surface area contributed by atoms with Gasteiger partial charge in [0.25, 0.3) is 0 Å². The Morgan fingerprint density at radius 2 is 0.811 bits per heavy atom. The fourth-order valence-electron chi connectivity index (χ4n) is 9.51. The van der Waals surface area contributed by atoms with Crippen LogP contribution in [0.25, 0.3) is 106 Å². The number of fused-ring (bicyclic) bond motifs is 12. The van der Waals surface area contributed by atoms with Gasteiger partial charge >= 0.3 is 0 Å². The Labute approximate surface area is 315 Å². The van der Waals surface area contributed by atoms with E-state index in [9.17, 15) is 0 Å². The molecular formula is C51H32S2. The number of benzene rings is 9. The van der Waals surface area contributed by atoms with Crippen molar-refractivity contribution in [2.45, 2.75) is 19.3 Å². The third-order valence-corrected chi connectivity index (χ3v) is 14.3. The highest BCUT2D eigenvalue weighted by atomic mass is 32.1. The number of thiophene rings is 2. The highest BCUT2D eigenvalue weighted by Gasteiger charge is 2.35. The first-order valence-electron chi connectivity index (χ1n) is 18.4. The minimum absolute atomic E-state index is 0.0545. The third-order valence-electron chi connectivity index (χ3n) is 12.0. The van der Waals surface area contributed by atoms with Crippen molar-refractivity contribution in [2.24, 2.45) is 0 Å². The van der Waals surface area contributed by atoms with Crippen LogP contribution in [0.3, 0.4) is 0 Å². The van der Waals surface area contributed by atoms with E-state index < -0.39 is 0 Å². The normalized spacial score (nSPS) is 13.6. The van der Waals surface area contributed by atoms with Crippen LogP contribution in [0.1, 0.15) is 25.0 Å². The molecule has 0 unspecified atom stereocenters. The zero-order valence-electron chi connectivity index (χ0n) is 29.3. The first-order valence-corrected chi connectivity index (χ1v) is 20.0. The van der Waals surface area contributed by atoms with Gasteiger partial charge < -0.3 is 0 Å². The fourth-order valence-corrected chi connectivity index (χ4v) is 11.8. The standard InChI is InChI=1S/C51H32S2/c1-51(2)43-17-9-7-11-33(43)34-21-19-30(26-44(34)51)50-38-15-5-3-13-36(38)49(37-14-4-6-16-39(37)50)29-20-22-46-41(23-29)42-25-31-24-40-35-12-8-10-18-45(35)52-47(40)27-32(31)28-48(42)53-46/h3-28H,1-2H3. The van der Waals surface area contributed by atoms with Gasteiger partial charge in [0.1, 0.15) is 0 Å². The van der Waals surface area contributed by atoms with Crippen molar-refractivity contribution < 1.29 is 0 Å². The minimum Gasteiger partial charge on any atom is -0.135 e. The second kappa shape index (κ2) is 10.6. The van der Waals surface area contributed by atoms with E-state index >= 15 is 0 Å². The molecule has 0 aliphatic heterocycles. The van der Waals surface area contributed by atoms with E-state index in [1.54, 1.807) is 0 Å². The SMILES string of the molecule is CC1(C)c2ccccc2-c2ccc(-c3c4ccccc4c(-c4ccc5sc6cc7cc8sc9ccccc9c8cc7cc6c5c4)c4ccccc34)cc21. The zero-order valence-corrected chi connectivity index (χ0v) is 31.0. The summed E-state index contributed by atoms with van der Waals surface area (Å²) in [6, 6.07) is 59.8. The molecule has 53 heavy (non-hydrogen) atoms. The second-order valence-electron chi connectivity index (χ2n) is 15.2. The van der Waals surface area contributed by atoms with E-state index in [0.717, 1.165) is 0 Å². The molecule has 1 aliphatic carbocycles. The Hall–Kier alpha value is -5.80. The van der Waals surface area contributed by atoms with Crippen LogP contribution < -0.4 is 0 Å². The molecule has 2 aromatic heterocycles. The van der Waals surface area contributed by atoms with Gasteiger partial charge in [0.05, 0.1) is 0 Å². The molecule has 9 aromatic carbocycles. The number of rotatable bonds is 2. The lowest BCUT2D eigenvalue weighted by atomic mass is 9.80. The van der Waals surface area contributed by atoms with Crippen molar-refractivity contribution in [2.75, 3.05) is 0 Å². The van der Waals surface area contributed by atoms with Gasteiger partial charge in [0.15, 0.2) is 0 Å². The summed E-state index contributed by atoms with van der Waals surface area (Å²) in [6.45, 7) is 4.75. The lowest BCUT2D eigenvalue weighted by Crippen LogP contribution is -2.14. The smallest absolute Gasteiger partial charge is 0.0361 e. The summed E-state index contributed by atoms with van der Waals surface area (Å²) in [5.41, 5.74) is 10.7. The molecule has 0 saturated carbocycles. The molecule has 0 atom stereocenters. The quantitative estimate of drug-likeness (QED) is 0.157. The Balaban J connectivity index is 1.08. The van der Waals surface area contributed by atoms with Gasteiger partial charge in [-0.2, -0.15) is 0 Å². The Morgan fingerprint density at radius 3 is 1.49 bits per heavy atom. The highest BCUT2D eigenvalue weighted by molar-refractivity contribution is 7.26. The minimum atomic E-state index is -0.0545. The summed E-state index contributed by atoms with van der Waals surface area (Å²) in [5.74, 6) is 0. The maximum Gasteiger partial charge on any atom is 0.0361 e. The largest absolute Gasteiger partial charge is 0.135 e. The molecule has 11 aromatic rings. The van der Waals surface area contributed by atoms with Crippen LogP contribution in [-0.4, -0.2) is 0 Å². The average Bonchev–Trinajstić information content (AvgIpc) is 3.81. The van der Waals surface area contributed by atoms with E-state index in [1.807, 2.05) is 22.7 Å². The van der Waals surface area contributed by atoms with Crippen molar-refractivity contribution in [1.82, 2.24) is 0 Å². The number of hydrogen-bond acceptors (Lipinski definition) is 2. The van der Waals surface area contributed by atoms with Gasteiger partial charge in [-0.05, 0) is 125 Å². The summed E-state index contributed by atoms with van der Waals surface area (Å²) < 4.78 is 5.39. The molecule has 12 rings (SSSR count). The lowest BCUT2D eigenvalue weighted by molar-refractivity contribution is 0.660. The van der Waals surface area contributed by atoms with E-state index in [1.165, 1.54) is 117 Å². The van der Waals surface area contributed by atoms with E-state index in [-0.39, 0.29) is 5.41 Å². The predicted molar refractivity (Wildman–Crippen MR) is 233 cm³/mol. The van der Waals surface area contributed by atoms with Crippen molar-refractivity contribution in [1.29, 1.82) is 0 Å². The summed E-state index contributed by atoms with van der Waals surface area (Å²) in [5, 5.41) is 13.2. The Morgan fingerprint density at radius 1 is 0.340 bits per heavy atom. The summed E-state index contributed by atoms with van der Waals surface area (Å²) in [7, 11) is 0. The lowest BCUT2D eigenvalue weighted by Gasteiger charge is -2.23. The first-order chi connectivity index (χ1) is 26.0. The molecule has 0 N–H and O–H groups in total. The van der Waals surface area contributed by atoms with Gasteiger partial charge in [-0.15, -0.1) is 22.7 Å². The molecule has 1 aliphatic rings. The molecule has 0 nitrogen and oxygen atoms in total. The molecule has 0 spiro atoms. The van der Waals surface area contributed by atoms with E-state index in [2.05, 4.69) is 172 Å².